The van der Waals surface area contributed by atoms with Crippen LogP contribution in [-0.2, 0) is 9.59 Å². The van der Waals surface area contributed by atoms with Crippen LogP contribution in [0.5, 0.6) is 0 Å². The second-order valence-corrected chi connectivity index (χ2v) is 4.75. The van der Waals surface area contributed by atoms with E-state index in [4.69, 9.17) is 10.2 Å². The Bertz CT molecular complexity index is 502. The molecule has 2 N–H and O–H groups in total. The number of ketones is 2. The Morgan fingerprint density at radius 3 is 1.91 bits per heavy atom. The Morgan fingerprint density at radius 2 is 1.45 bits per heavy atom. The van der Waals surface area contributed by atoms with Crippen molar-refractivity contribution >= 4 is 23.5 Å². The zero-order valence-electron chi connectivity index (χ0n) is 12.7. The molecule has 1 aromatic rings. The molecule has 1 aromatic carbocycles. The first kappa shape index (κ1) is 19.5. The topological polar surface area (TPSA) is 109 Å². The number of Topliss-reactive ketones (excluding diaryl/α,β-unsaturated/α-hetero) is 2. The number of carbonyl (C=O) groups is 4. The largest absolute Gasteiger partial charge is 0.481 e. The van der Waals surface area contributed by atoms with Gasteiger partial charge in [-0.15, -0.1) is 0 Å². The molecule has 0 aliphatic carbocycles. The van der Waals surface area contributed by atoms with Crippen LogP contribution in [0.4, 0.5) is 0 Å². The molecule has 0 fully saturated rings. The van der Waals surface area contributed by atoms with Crippen molar-refractivity contribution in [3.05, 3.63) is 35.4 Å². The minimum absolute atomic E-state index is 0.127. The molecule has 120 valence electrons. The molecule has 0 bridgehead atoms. The molecular weight excluding hydrogens is 288 g/mol. The van der Waals surface area contributed by atoms with Crippen molar-refractivity contribution in [2.45, 2.75) is 39.5 Å². The number of benzene rings is 1. The lowest BCUT2D eigenvalue weighted by Crippen LogP contribution is -1.99. The van der Waals surface area contributed by atoms with Crippen LogP contribution in [0.25, 0.3) is 0 Å². The van der Waals surface area contributed by atoms with Crippen LogP contribution >= 0.6 is 0 Å². The third-order valence-corrected chi connectivity index (χ3v) is 2.69. The van der Waals surface area contributed by atoms with Crippen LogP contribution in [0.3, 0.4) is 0 Å². The molecule has 0 atom stereocenters. The molecule has 0 aliphatic rings. The van der Waals surface area contributed by atoms with Gasteiger partial charge in [-0.1, -0.05) is 12.1 Å². The summed E-state index contributed by atoms with van der Waals surface area (Å²) in [7, 11) is 0. The first-order valence-corrected chi connectivity index (χ1v) is 6.79. The molecule has 0 unspecified atom stereocenters. The zero-order valence-corrected chi connectivity index (χ0v) is 12.7. The lowest BCUT2D eigenvalue weighted by molar-refractivity contribution is -0.137. The number of carbonyl (C=O) groups excluding carboxylic acids is 2. The van der Waals surface area contributed by atoms with E-state index in [1.165, 1.54) is 26.0 Å². The van der Waals surface area contributed by atoms with E-state index in [0.717, 1.165) is 0 Å². The van der Waals surface area contributed by atoms with Gasteiger partial charge in [-0.2, -0.15) is 0 Å². The molecule has 6 heteroatoms. The van der Waals surface area contributed by atoms with Crippen molar-refractivity contribution in [2.75, 3.05) is 0 Å². The van der Waals surface area contributed by atoms with Crippen LogP contribution in [0, 0.1) is 0 Å². The van der Waals surface area contributed by atoms with Gasteiger partial charge in [0.2, 0.25) is 0 Å². The first-order valence-electron chi connectivity index (χ1n) is 6.79. The average molecular weight is 308 g/mol. The van der Waals surface area contributed by atoms with E-state index in [9.17, 15) is 19.2 Å². The summed E-state index contributed by atoms with van der Waals surface area (Å²) in [4.78, 5) is 41.6. The molecule has 0 saturated carbocycles. The summed E-state index contributed by atoms with van der Waals surface area (Å²) in [5.41, 5.74) is 0.567. The molecule has 22 heavy (non-hydrogen) atoms. The Labute approximate surface area is 128 Å². The molecule has 0 radical (unpaired) electrons. The van der Waals surface area contributed by atoms with Gasteiger partial charge in [-0.25, -0.2) is 4.79 Å². The van der Waals surface area contributed by atoms with Crippen LogP contribution in [0.2, 0.25) is 0 Å². The summed E-state index contributed by atoms with van der Waals surface area (Å²) in [6.07, 6.45) is 1.98. The summed E-state index contributed by atoms with van der Waals surface area (Å²) in [5.74, 6) is -1.80. The quantitative estimate of drug-likeness (QED) is 0.592. The fourth-order valence-electron chi connectivity index (χ4n) is 1.52. The number of rotatable bonds is 7. The molecule has 0 amide bonds. The van der Waals surface area contributed by atoms with E-state index >= 15 is 0 Å². The van der Waals surface area contributed by atoms with E-state index in [0.29, 0.717) is 24.8 Å². The molecule has 0 spiro atoms. The van der Waals surface area contributed by atoms with E-state index in [1.807, 2.05) is 0 Å². The highest BCUT2D eigenvalue weighted by atomic mass is 16.4. The molecule has 0 heterocycles. The number of hydrogen-bond donors (Lipinski definition) is 2. The van der Waals surface area contributed by atoms with Gasteiger partial charge >= 0.3 is 11.9 Å². The summed E-state index contributed by atoms with van der Waals surface area (Å²) in [5, 5.41) is 16.8. The van der Waals surface area contributed by atoms with Crippen molar-refractivity contribution in [3.63, 3.8) is 0 Å². The highest BCUT2D eigenvalue weighted by Gasteiger charge is 2.04. The van der Waals surface area contributed by atoms with E-state index in [-0.39, 0.29) is 23.6 Å². The van der Waals surface area contributed by atoms with E-state index < -0.39 is 11.9 Å². The number of carboxylic acids is 2. The average Bonchev–Trinajstić information content (AvgIpc) is 2.44. The van der Waals surface area contributed by atoms with Crippen molar-refractivity contribution in [3.8, 4) is 0 Å². The summed E-state index contributed by atoms with van der Waals surface area (Å²) in [6.45, 7) is 2.92. The minimum Gasteiger partial charge on any atom is -0.481 e. The number of unbranched alkanes of at least 4 members (excludes halogenated alkanes) is 1. The zero-order chi connectivity index (χ0) is 17.1. The van der Waals surface area contributed by atoms with Gasteiger partial charge in [0.25, 0.3) is 0 Å². The Morgan fingerprint density at radius 1 is 0.909 bits per heavy atom. The van der Waals surface area contributed by atoms with E-state index in [2.05, 4.69) is 0 Å². The molecular formula is C16H20O6. The van der Waals surface area contributed by atoms with Crippen LogP contribution in [0.15, 0.2) is 24.3 Å². The fourth-order valence-corrected chi connectivity index (χ4v) is 1.52. The van der Waals surface area contributed by atoms with Crippen molar-refractivity contribution in [1.29, 1.82) is 0 Å². The number of aliphatic carboxylic acids is 1. The van der Waals surface area contributed by atoms with Crippen molar-refractivity contribution in [1.82, 2.24) is 0 Å². The standard InChI is InChI=1S/C9H8O3.C7H12O3/c1-6(10)7-3-2-4-8(5-7)9(11)12;1-6(8)4-2-3-5-7(9)10/h2-5H,1H3,(H,11,12);2-5H2,1H3,(H,9,10). The van der Waals surface area contributed by atoms with Crippen LogP contribution in [0.1, 0.15) is 60.2 Å². The highest BCUT2D eigenvalue weighted by Crippen LogP contribution is 2.05. The van der Waals surface area contributed by atoms with Gasteiger partial charge in [0.05, 0.1) is 5.56 Å². The summed E-state index contributed by atoms with van der Waals surface area (Å²) < 4.78 is 0. The number of hydrogen-bond acceptors (Lipinski definition) is 4. The van der Waals surface area contributed by atoms with Crippen molar-refractivity contribution in [2.24, 2.45) is 0 Å². The van der Waals surface area contributed by atoms with Gasteiger partial charge in [0, 0.05) is 18.4 Å². The first-order chi connectivity index (χ1) is 10.2. The SMILES string of the molecule is CC(=O)CCCCC(=O)O.CC(=O)c1cccc(C(=O)O)c1. The van der Waals surface area contributed by atoms with E-state index in [1.54, 1.807) is 12.1 Å². The van der Waals surface area contributed by atoms with Gasteiger partial charge in [-0.3, -0.25) is 9.59 Å². The van der Waals surface area contributed by atoms with Crippen LogP contribution in [-0.4, -0.2) is 33.7 Å². The van der Waals surface area contributed by atoms with Gasteiger partial charge < -0.3 is 15.0 Å². The molecule has 0 saturated heterocycles. The maximum absolute atomic E-state index is 10.8. The smallest absolute Gasteiger partial charge is 0.335 e. The maximum Gasteiger partial charge on any atom is 0.335 e. The summed E-state index contributed by atoms with van der Waals surface area (Å²) in [6, 6.07) is 5.97. The maximum atomic E-state index is 10.8. The van der Waals surface area contributed by atoms with Crippen molar-refractivity contribution < 1.29 is 29.4 Å². The summed E-state index contributed by atoms with van der Waals surface area (Å²) >= 11 is 0. The Balaban J connectivity index is 0.000000409. The fraction of sp³-hybridized carbons (Fsp3) is 0.375. The van der Waals surface area contributed by atoms with Gasteiger partial charge in [0.1, 0.15) is 5.78 Å². The van der Waals surface area contributed by atoms with Gasteiger partial charge in [0.15, 0.2) is 5.78 Å². The van der Waals surface area contributed by atoms with Crippen LogP contribution < -0.4 is 0 Å². The second-order valence-electron chi connectivity index (χ2n) is 4.75. The predicted molar refractivity (Wildman–Crippen MR) is 80.2 cm³/mol. The molecule has 6 nitrogen and oxygen atoms in total. The third kappa shape index (κ3) is 9.41. The lowest BCUT2D eigenvalue weighted by Gasteiger charge is -1.96. The Hall–Kier alpha value is -2.50. The lowest BCUT2D eigenvalue weighted by atomic mass is 10.1. The normalized spacial score (nSPS) is 9.36. The van der Waals surface area contributed by atoms with Gasteiger partial charge in [-0.05, 0) is 38.8 Å². The second kappa shape index (κ2) is 10.3. The third-order valence-electron chi connectivity index (χ3n) is 2.69. The number of aromatic carboxylic acids is 1. The molecule has 0 aliphatic heterocycles. The molecule has 1 rings (SSSR count). The minimum atomic E-state index is -1.02. The number of carboxylic acid groups (broad SMARTS) is 2. The predicted octanol–water partition coefficient (Wildman–Crippen LogP) is 2.81. The molecule has 0 aromatic heterocycles. The Kier molecular flexibility index (Phi) is 9.09. The monoisotopic (exact) mass is 308 g/mol. The highest BCUT2D eigenvalue weighted by molar-refractivity contribution is 5.97.